The molecular weight excluding hydrogens is 411 g/mol. The van der Waals surface area contributed by atoms with Gasteiger partial charge in [-0.25, -0.2) is 14.2 Å². The molecule has 154 valence electrons. The van der Waals surface area contributed by atoms with E-state index in [1.807, 2.05) is 0 Å². The largest absolute Gasteiger partial charge is 0.464 e. The molecular formula is C20H17FN4O4S. The Hall–Kier alpha value is -3.53. The number of amides is 2. The number of nitrogens with one attached hydrogen (secondary N) is 2. The molecule has 2 amide bonds. The summed E-state index contributed by atoms with van der Waals surface area (Å²) in [6.07, 6.45) is 1.62. The third kappa shape index (κ3) is 3.81. The van der Waals surface area contributed by atoms with Crippen LogP contribution in [0.25, 0.3) is 11.3 Å². The number of benzene rings is 1. The van der Waals surface area contributed by atoms with Gasteiger partial charge in [0.05, 0.1) is 24.4 Å². The zero-order chi connectivity index (χ0) is 21.3. The summed E-state index contributed by atoms with van der Waals surface area (Å²) in [5, 5.41) is 4.83. The first-order valence-electron chi connectivity index (χ1n) is 9.04. The molecule has 1 aromatic carbocycles. The van der Waals surface area contributed by atoms with E-state index >= 15 is 0 Å². The van der Waals surface area contributed by atoms with Crippen molar-refractivity contribution in [2.45, 2.75) is 6.42 Å². The highest BCUT2D eigenvalue weighted by atomic mass is 32.1. The standard InChI is InChI=1S/C20H17FN4O4S/c1-29-19(28)14-6-11(8-22-14)15-10-30-20(23-15)24-18(27)12-7-17(26)25(9-12)16-5-3-2-4-13(16)21/h2-6,8,10,12,22H,7,9H2,1H3,(H,23,24,27). The second-order valence-electron chi connectivity index (χ2n) is 6.68. The van der Waals surface area contributed by atoms with Crippen LogP contribution in [0.1, 0.15) is 16.9 Å². The maximum Gasteiger partial charge on any atom is 0.354 e. The van der Waals surface area contributed by atoms with Crippen LogP contribution in [0.15, 0.2) is 41.9 Å². The first-order chi connectivity index (χ1) is 14.5. The Bertz CT molecular complexity index is 1130. The molecule has 1 fully saturated rings. The van der Waals surface area contributed by atoms with Crippen LogP contribution in [0.3, 0.4) is 0 Å². The van der Waals surface area contributed by atoms with E-state index in [-0.39, 0.29) is 30.5 Å². The fourth-order valence-electron chi connectivity index (χ4n) is 3.23. The number of esters is 1. The summed E-state index contributed by atoms with van der Waals surface area (Å²) >= 11 is 1.22. The van der Waals surface area contributed by atoms with Gasteiger partial charge in [0.2, 0.25) is 11.8 Å². The summed E-state index contributed by atoms with van der Waals surface area (Å²) in [5.74, 6) is -2.26. The van der Waals surface area contributed by atoms with Crippen molar-refractivity contribution in [1.82, 2.24) is 9.97 Å². The van der Waals surface area contributed by atoms with Crippen molar-refractivity contribution in [3.63, 3.8) is 0 Å². The number of ether oxygens (including phenoxy) is 1. The molecule has 2 N–H and O–H groups in total. The van der Waals surface area contributed by atoms with Crippen LogP contribution in [0.5, 0.6) is 0 Å². The second-order valence-corrected chi connectivity index (χ2v) is 7.54. The summed E-state index contributed by atoms with van der Waals surface area (Å²) in [6, 6.07) is 7.58. The third-order valence-electron chi connectivity index (χ3n) is 4.76. The summed E-state index contributed by atoms with van der Waals surface area (Å²) in [5.41, 5.74) is 1.72. The van der Waals surface area contributed by atoms with Crippen molar-refractivity contribution in [1.29, 1.82) is 0 Å². The minimum absolute atomic E-state index is 0.00129. The normalized spacial score (nSPS) is 16.0. The van der Waals surface area contributed by atoms with Crippen LogP contribution >= 0.6 is 11.3 Å². The number of methoxy groups -OCH3 is 1. The van der Waals surface area contributed by atoms with Gasteiger partial charge in [0.25, 0.3) is 0 Å². The highest BCUT2D eigenvalue weighted by Gasteiger charge is 2.36. The number of anilines is 2. The van der Waals surface area contributed by atoms with Gasteiger partial charge in [-0.15, -0.1) is 11.3 Å². The van der Waals surface area contributed by atoms with Crippen LogP contribution in [0, 0.1) is 11.7 Å². The number of nitrogens with zero attached hydrogens (tertiary/aromatic N) is 2. The van der Waals surface area contributed by atoms with Crippen LogP contribution in [0.2, 0.25) is 0 Å². The quantitative estimate of drug-likeness (QED) is 0.608. The van der Waals surface area contributed by atoms with Gasteiger partial charge >= 0.3 is 5.97 Å². The average molecular weight is 428 g/mol. The number of halogens is 1. The number of thiazole rings is 1. The third-order valence-corrected chi connectivity index (χ3v) is 5.52. The van der Waals surface area contributed by atoms with Crippen LogP contribution < -0.4 is 10.2 Å². The van der Waals surface area contributed by atoms with Crippen LogP contribution in [-0.4, -0.2) is 41.4 Å². The minimum Gasteiger partial charge on any atom is -0.464 e. The Morgan fingerprint density at radius 1 is 1.37 bits per heavy atom. The monoisotopic (exact) mass is 428 g/mol. The first kappa shape index (κ1) is 19.8. The highest BCUT2D eigenvalue weighted by Crippen LogP contribution is 2.29. The Morgan fingerprint density at radius 3 is 2.93 bits per heavy atom. The van der Waals surface area contributed by atoms with E-state index in [0.717, 1.165) is 0 Å². The lowest BCUT2D eigenvalue weighted by Gasteiger charge is -2.17. The number of aromatic nitrogens is 2. The Balaban J connectivity index is 1.43. The van der Waals surface area contributed by atoms with Crippen molar-refractivity contribution < 1.29 is 23.5 Å². The van der Waals surface area contributed by atoms with Gasteiger partial charge in [0, 0.05) is 30.1 Å². The van der Waals surface area contributed by atoms with Gasteiger partial charge in [0.1, 0.15) is 11.5 Å². The SMILES string of the molecule is COC(=O)c1cc(-c2csc(NC(=O)C3CC(=O)N(c4ccccc4F)C3)n2)c[nH]1. The number of para-hydroxylation sites is 1. The van der Waals surface area contributed by atoms with Crippen molar-refractivity contribution in [3.8, 4) is 11.3 Å². The Morgan fingerprint density at radius 2 is 2.17 bits per heavy atom. The van der Waals surface area contributed by atoms with Gasteiger partial charge < -0.3 is 19.9 Å². The number of carbonyl (C=O) groups excluding carboxylic acids is 3. The topological polar surface area (TPSA) is 104 Å². The molecule has 1 saturated heterocycles. The molecule has 0 aliphatic carbocycles. The Labute approximate surface area is 174 Å². The number of rotatable bonds is 5. The van der Waals surface area contributed by atoms with Crippen molar-refractivity contribution >= 4 is 39.9 Å². The molecule has 1 atom stereocenters. The highest BCUT2D eigenvalue weighted by molar-refractivity contribution is 7.14. The summed E-state index contributed by atoms with van der Waals surface area (Å²) < 4.78 is 18.7. The molecule has 3 aromatic rings. The van der Waals surface area contributed by atoms with E-state index in [0.29, 0.717) is 22.1 Å². The van der Waals surface area contributed by atoms with Crippen LogP contribution in [-0.2, 0) is 14.3 Å². The number of aromatic amines is 1. The zero-order valence-electron chi connectivity index (χ0n) is 15.8. The van der Waals surface area contributed by atoms with Gasteiger partial charge in [-0.3, -0.25) is 9.59 Å². The number of hydrogen-bond donors (Lipinski definition) is 2. The first-order valence-corrected chi connectivity index (χ1v) is 9.92. The molecule has 1 aliphatic rings. The molecule has 1 unspecified atom stereocenters. The van der Waals surface area contributed by atoms with Gasteiger partial charge in [0.15, 0.2) is 5.13 Å². The zero-order valence-corrected chi connectivity index (χ0v) is 16.7. The minimum atomic E-state index is -0.609. The molecule has 8 nitrogen and oxygen atoms in total. The van der Waals surface area contributed by atoms with E-state index in [1.54, 1.807) is 29.8 Å². The van der Waals surface area contributed by atoms with Gasteiger partial charge in [-0.1, -0.05) is 12.1 Å². The molecule has 2 aromatic heterocycles. The van der Waals surface area contributed by atoms with Crippen molar-refractivity contribution in [2.75, 3.05) is 23.9 Å². The molecule has 0 spiro atoms. The lowest BCUT2D eigenvalue weighted by Crippen LogP contribution is -2.28. The molecule has 30 heavy (non-hydrogen) atoms. The average Bonchev–Trinajstić information content (AvgIpc) is 3.47. The summed E-state index contributed by atoms with van der Waals surface area (Å²) in [6.45, 7) is 0.101. The predicted molar refractivity (Wildman–Crippen MR) is 109 cm³/mol. The molecule has 0 saturated carbocycles. The van der Waals surface area contributed by atoms with Gasteiger partial charge in [-0.05, 0) is 18.2 Å². The molecule has 1 aliphatic heterocycles. The number of carbonyl (C=O) groups is 3. The van der Waals surface area contributed by atoms with E-state index < -0.39 is 17.7 Å². The lowest BCUT2D eigenvalue weighted by molar-refractivity contribution is -0.122. The number of hydrogen-bond acceptors (Lipinski definition) is 6. The number of H-pyrrole nitrogens is 1. The fraction of sp³-hybridized carbons (Fsp3) is 0.200. The summed E-state index contributed by atoms with van der Waals surface area (Å²) in [4.78, 5) is 44.9. The second kappa shape index (κ2) is 8.07. The molecule has 0 radical (unpaired) electrons. The maximum atomic E-state index is 14.0. The van der Waals surface area contributed by atoms with Crippen molar-refractivity contribution in [2.24, 2.45) is 5.92 Å². The molecule has 10 heteroatoms. The lowest BCUT2D eigenvalue weighted by atomic mass is 10.1. The van der Waals surface area contributed by atoms with Crippen molar-refractivity contribution in [3.05, 3.63) is 53.4 Å². The van der Waals surface area contributed by atoms with E-state index in [2.05, 4.69) is 20.0 Å². The van der Waals surface area contributed by atoms with E-state index in [4.69, 9.17) is 0 Å². The summed E-state index contributed by atoms with van der Waals surface area (Å²) in [7, 11) is 1.29. The molecule has 4 rings (SSSR count). The predicted octanol–water partition coefficient (Wildman–Crippen LogP) is 3.06. The van der Waals surface area contributed by atoms with Crippen LogP contribution in [0.4, 0.5) is 15.2 Å². The van der Waals surface area contributed by atoms with E-state index in [1.165, 1.54) is 35.5 Å². The fourth-order valence-corrected chi connectivity index (χ4v) is 3.95. The van der Waals surface area contributed by atoms with Gasteiger partial charge in [-0.2, -0.15) is 0 Å². The van der Waals surface area contributed by atoms with E-state index in [9.17, 15) is 18.8 Å². The molecule has 0 bridgehead atoms. The molecule has 3 heterocycles. The maximum absolute atomic E-state index is 14.0. The Kier molecular flexibility index (Phi) is 5.32. The smallest absolute Gasteiger partial charge is 0.354 e.